The Bertz CT molecular complexity index is 263. The van der Waals surface area contributed by atoms with Crippen LogP contribution in [0.25, 0.3) is 0 Å². The van der Waals surface area contributed by atoms with Gasteiger partial charge < -0.3 is 15.2 Å². The molecule has 14 heavy (non-hydrogen) atoms. The summed E-state index contributed by atoms with van der Waals surface area (Å²) in [6.07, 6.45) is 5.81. The molecule has 0 aromatic rings. The lowest BCUT2D eigenvalue weighted by molar-refractivity contribution is -0.0184. The molecular weight excluding hydrogens is 293 g/mol. The number of alkyl halides is 1. The molecule has 2 unspecified atom stereocenters. The maximum Gasteiger partial charge on any atom is 0.194 e. The van der Waals surface area contributed by atoms with Crippen molar-refractivity contribution in [1.29, 1.82) is 0 Å². The molecule has 1 aliphatic carbocycles. The number of nitrogens with two attached hydrogens (primary N) is 1. The van der Waals surface area contributed by atoms with E-state index in [4.69, 9.17) is 15.2 Å². The van der Waals surface area contributed by atoms with Gasteiger partial charge in [0.15, 0.2) is 3.61 Å². The first kappa shape index (κ1) is 12.0. The molecule has 2 N–H and O–H groups in total. The summed E-state index contributed by atoms with van der Waals surface area (Å²) in [5.74, 6) is 0.766. The van der Waals surface area contributed by atoms with Crippen molar-refractivity contribution < 1.29 is 9.47 Å². The SMILES string of the molecule is COC1=CC=CC(N)C1(I)OC(C)C. The van der Waals surface area contributed by atoms with Crippen LogP contribution in [0, 0.1) is 0 Å². The first-order valence-corrected chi connectivity index (χ1v) is 5.64. The van der Waals surface area contributed by atoms with E-state index in [1.165, 1.54) is 0 Å². The predicted octanol–water partition coefficient (Wildman–Crippen LogP) is 1.97. The molecule has 0 aromatic heterocycles. The van der Waals surface area contributed by atoms with Gasteiger partial charge in [-0.3, -0.25) is 0 Å². The van der Waals surface area contributed by atoms with Gasteiger partial charge in [0, 0.05) is 0 Å². The van der Waals surface area contributed by atoms with E-state index in [1.54, 1.807) is 7.11 Å². The van der Waals surface area contributed by atoms with Crippen molar-refractivity contribution in [2.24, 2.45) is 5.73 Å². The smallest absolute Gasteiger partial charge is 0.194 e. The standard InChI is InChI=1S/C10H16INO2/c1-7(2)14-10(11)8(12)5-4-6-9(10)13-3/h4-8H,12H2,1-3H3. The number of ether oxygens (including phenoxy) is 2. The van der Waals surface area contributed by atoms with E-state index in [2.05, 4.69) is 22.6 Å². The maximum atomic E-state index is 5.99. The number of hydrogen-bond donors (Lipinski definition) is 1. The molecule has 0 aromatic carbocycles. The van der Waals surface area contributed by atoms with Crippen molar-refractivity contribution in [1.82, 2.24) is 0 Å². The third kappa shape index (κ3) is 2.29. The van der Waals surface area contributed by atoms with Crippen molar-refractivity contribution in [3.63, 3.8) is 0 Å². The van der Waals surface area contributed by atoms with Crippen molar-refractivity contribution in [3.05, 3.63) is 24.0 Å². The molecule has 0 radical (unpaired) electrons. The zero-order valence-electron chi connectivity index (χ0n) is 8.66. The van der Waals surface area contributed by atoms with Crippen LogP contribution in [0.2, 0.25) is 0 Å². The molecule has 0 spiro atoms. The van der Waals surface area contributed by atoms with Crippen LogP contribution in [0.15, 0.2) is 24.0 Å². The average Bonchev–Trinajstić information content (AvgIpc) is 2.08. The zero-order valence-corrected chi connectivity index (χ0v) is 10.8. The molecule has 1 aliphatic rings. The van der Waals surface area contributed by atoms with Crippen LogP contribution in [0.4, 0.5) is 0 Å². The Morgan fingerprint density at radius 1 is 1.57 bits per heavy atom. The van der Waals surface area contributed by atoms with Gasteiger partial charge in [-0.15, -0.1) is 0 Å². The summed E-state index contributed by atoms with van der Waals surface area (Å²) in [6, 6.07) is -0.176. The Morgan fingerprint density at radius 3 is 2.71 bits per heavy atom. The van der Waals surface area contributed by atoms with Crippen molar-refractivity contribution in [2.45, 2.75) is 29.6 Å². The van der Waals surface area contributed by atoms with Crippen LogP contribution in [-0.4, -0.2) is 22.9 Å². The molecule has 0 heterocycles. The predicted molar refractivity (Wildman–Crippen MR) is 65.2 cm³/mol. The van der Waals surface area contributed by atoms with Gasteiger partial charge in [-0.1, -0.05) is 12.2 Å². The number of hydrogen-bond acceptors (Lipinski definition) is 3. The molecule has 0 fully saturated rings. The summed E-state index contributed by atoms with van der Waals surface area (Å²) in [5.41, 5.74) is 5.99. The summed E-state index contributed by atoms with van der Waals surface area (Å²) >= 11 is 2.20. The van der Waals surface area contributed by atoms with Crippen LogP contribution < -0.4 is 5.73 Å². The Kier molecular flexibility index (Phi) is 3.97. The molecule has 2 atom stereocenters. The number of rotatable bonds is 3. The van der Waals surface area contributed by atoms with Gasteiger partial charge in [0.05, 0.1) is 19.3 Å². The topological polar surface area (TPSA) is 44.5 Å². The number of allylic oxidation sites excluding steroid dienone is 2. The lowest BCUT2D eigenvalue weighted by atomic mass is 10.0. The molecular formula is C10H16INO2. The van der Waals surface area contributed by atoms with Crippen molar-refractivity contribution in [2.75, 3.05) is 7.11 Å². The monoisotopic (exact) mass is 309 g/mol. The highest BCUT2D eigenvalue weighted by Crippen LogP contribution is 2.37. The van der Waals surface area contributed by atoms with Gasteiger partial charge in [0.2, 0.25) is 0 Å². The molecule has 4 heteroatoms. The number of methoxy groups -OCH3 is 1. The average molecular weight is 309 g/mol. The second-order valence-corrected chi connectivity index (χ2v) is 5.06. The van der Waals surface area contributed by atoms with Crippen LogP contribution >= 0.6 is 22.6 Å². The number of halogens is 1. The van der Waals surface area contributed by atoms with Gasteiger partial charge in [0.25, 0.3) is 0 Å². The van der Waals surface area contributed by atoms with Gasteiger partial charge in [0.1, 0.15) is 5.76 Å². The largest absolute Gasteiger partial charge is 0.497 e. The summed E-state index contributed by atoms with van der Waals surface area (Å²) in [4.78, 5) is 0. The normalized spacial score (nSPS) is 31.9. The second kappa shape index (κ2) is 4.63. The highest BCUT2D eigenvalue weighted by molar-refractivity contribution is 14.1. The fourth-order valence-corrected chi connectivity index (χ4v) is 2.47. The molecule has 0 saturated heterocycles. The van der Waals surface area contributed by atoms with E-state index in [9.17, 15) is 0 Å². The minimum absolute atomic E-state index is 0.114. The van der Waals surface area contributed by atoms with Crippen LogP contribution in [0.5, 0.6) is 0 Å². The Hall–Kier alpha value is -0.0700. The van der Waals surface area contributed by atoms with E-state index >= 15 is 0 Å². The minimum atomic E-state index is -0.574. The van der Waals surface area contributed by atoms with E-state index in [1.807, 2.05) is 32.1 Å². The highest BCUT2D eigenvalue weighted by atomic mass is 127. The summed E-state index contributed by atoms with van der Waals surface area (Å²) < 4.78 is 10.5. The van der Waals surface area contributed by atoms with E-state index < -0.39 is 3.61 Å². The molecule has 80 valence electrons. The van der Waals surface area contributed by atoms with Gasteiger partial charge in [-0.2, -0.15) is 0 Å². The molecule has 0 amide bonds. The first-order chi connectivity index (χ1) is 6.50. The summed E-state index contributed by atoms with van der Waals surface area (Å²) in [5, 5.41) is 0. The molecule has 0 aliphatic heterocycles. The van der Waals surface area contributed by atoms with Crippen LogP contribution in [0.1, 0.15) is 13.8 Å². The van der Waals surface area contributed by atoms with Gasteiger partial charge in [-0.05, 0) is 42.5 Å². The van der Waals surface area contributed by atoms with Crippen LogP contribution in [0.3, 0.4) is 0 Å². The summed E-state index contributed by atoms with van der Waals surface area (Å²) in [6.45, 7) is 3.97. The van der Waals surface area contributed by atoms with Crippen LogP contribution in [-0.2, 0) is 9.47 Å². The van der Waals surface area contributed by atoms with Gasteiger partial charge in [-0.25, -0.2) is 0 Å². The fourth-order valence-electron chi connectivity index (χ4n) is 1.35. The third-order valence-corrected chi connectivity index (χ3v) is 3.46. The highest BCUT2D eigenvalue weighted by Gasteiger charge is 2.41. The Labute approximate surface area is 98.5 Å². The van der Waals surface area contributed by atoms with Crippen molar-refractivity contribution in [3.8, 4) is 0 Å². The van der Waals surface area contributed by atoms with Crippen molar-refractivity contribution >= 4 is 22.6 Å². The van der Waals surface area contributed by atoms with E-state index in [-0.39, 0.29) is 12.1 Å². The first-order valence-electron chi connectivity index (χ1n) is 4.56. The fraction of sp³-hybridized carbons (Fsp3) is 0.600. The summed E-state index contributed by atoms with van der Waals surface area (Å²) in [7, 11) is 1.63. The lowest BCUT2D eigenvalue weighted by Gasteiger charge is -2.36. The second-order valence-electron chi connectivity index (χ2n) is 3.46. The quantitative estimate of drug-likeness (QED) is 0.640. The van der Waals surface area contributed by atoms with Gasteiger partial charge >= 0.3 is 0 Å². The molecule has 0 saturated carbocycles. The zero-order chi connectivity index (χ0) is 10.8. The minimum Gasteiger partial charge on any atom is -0.497 e. The molecule has 3 nitrogen and oxygen atoms in total. The van der Waals surface area contributed by atoms with E-state index in [0.717, 1.165) is 5.76 Å². The molecule has 0 bridgehead atoms. The third-order valence-electron chi connectivity index (χ3n) is 1.96. The van der Waals surface area contributed by atoms with E-state index in [0.29, 0.717) is 0 Å². The maximum absolute atomic E-state index is 5.99. The molecule has 1 rings (SSSR count). The Morgan fingerprint density at radius 2 is 2.21 bits per heavy atom. The Balaban J connectivity index is 2.91. The lowest BCUT2D eigenvalue weighted by Crippen LogP contribution is -2.48.